The average molecular weight is 685 g/mol. The maximum absolute atomic E-state index is 13.9. The summed E-state index contributed by atoms with van der Waals surface area (Å²) in [4.78, 5) is 32.9. The molecule has 0 atom stereocenters. The smallest absolute Gasteiger partial charge is 0.262 e. The Morgan fingerprint density at radius 2 is 1.12 bits per heavy atom. The fourth-order valence-electron chi connectivity index (χ4n) is 4.81. The number of rotatable bonds is 17. The van der Waals surface area contributed by atoms with Crippen molar-refractivity contribution in [1.29, 1.82) is 0 Å². The van der Waals surface area contributed by atoms with Gasteiger partial charge in [0.1, 0.15) is 12.4 Å². The van der Waals surface area contributed by atoms with Crippen LogP contribution in [0, 0.1) is 0 Å². The number of ketones is 1. The van der Waals surface area contributed by atoms with E-state index in [4.69, 9.17) is 19.0 Å². The monoisotopic (exact) mass is 684 g/mol. The van der Waals surface area contributed by atoms with Gasteiger partial charge in [0, 0.05) is 19.2 Å². The summed E-state index contributed by atoms with van der Waals surface area (Å²) in [6.45, 7) is -0.137. The number of benzene rings is 4. The largest absolute Gasteiger partial charge is 0.508 e. The third-order valence-corrected chi connectivity index (χ3v) is 7.55. The van der Waals surface area contributed by atoms with E-state index in [0.29, 0.717) is 24.0 Å². The normalized spacial score (nSPS) is 11.3. The SMILES string of the molecule is COc1cc(/C=C\C(=O)CON(CCc2ccc(O)cc2)N(CCc2ccc(O)c(OC)c2)C(=O)/C=C\c2ccc(O)c(OC)c2)ccc1O. The first-order valence-electron chi connectivity index (χ1n) is 15.6. The molecule has 0 aliphatic heterocycles. The lowest BCUT2D eigenvalue weighted by atomic mass is 10.1. The summed E-state index contributed by atoms with van der Waals surface area (Å²) in [7, 11) is 4.30. The summed E-state index contributed by atoms with van der Waals surface area (Å²) in [5.74, 6) is -0.0522. The van der Waals surface area contributed by atoms with E-state index in [1.165, 1.54) is 61.9 Å². The Morgan fingerprint density at radius 3 is 1.70 bits per heavy atom. The van der Waals surface area contributed by atoms with Gasteiger partial charge in [-0.25, -0.2) is 5.01 Å². The zero-order valence-electron chi connectivity index (χ0n) is 28.0. The van der Waals surface area contributed by atoms with Crippen molar-refractivity contribution < 1.29 is 49.1 Å². The second-order valence-electron chi connectivity index (χ2n) is 11.0. The van der Waals surface area contributed by atoms with Crippen LogP contribution in [0.15, 0.2) is 91.0 Å². The van der Waals surface area contributed by atoms with Gasteiger partial charge in [-0.1, -0.05) is 41.6 Å². The number of hydrogen-bond donors (Lipinski definition) is 4. The molecule has 4 aromatic rings. The summed E-state index contributed by atoms with van der Waals surface area (Å²) in [5, 5.41) is 42.4. The predicted octanol–water partition coefficient (Wildman–Crippen LogP) is 5.29. The van der Waals surface area contributed by atoms with Gasteiger partial charge in [0.05, 0.1) is 21.3 Å². The van der Waals surface area contributed by atoms with Gasteiger partial charge >= 0.3 is 0 Å². The van der Waals surface area contributed by atoms with Crippen molar-refractivity contribution >= 4 is 23.8 Å². The molecule has 0 fully saturated rings. The van der Waals surface area contributed by atoms with Gasteiger partial charge < -0.3 is 34.6 Å². The van der Waals surface area contributed by atoms with Crippen molar-refractivity contribution in [3.05, 3.63) is 113 Å². The van der Waals surface area contributed by atoms with Crippen LogP contribution in [0.4, 0.5) is 0 Å². The van der Waals surface area contributed by atoms with Gasteiger partial charge in [-0.3, -0.25) is 14.4 Å². The van der Waals surface area contributed by atoms with E-state index in [1.54, 1.807) is 72.8 Å². The number of hydroxylamine groups is 1. The number of nitrogens with zero attached hydrogens (tertiary/aromatic N) is 2. The molecule has 50 heavy (non-hydrogen) atoms. The topological polar surface area (TPSA) is 158 Å². The molecule has 0 aliphatic carbocycles. The summed E-state index contributed by atoms with van der Waals surface area (Å²) < 4.78 is 15.6. The number of aromatic hydroxyl groups is 4. The molecule has 0 aliphatic rings. The van der Waals surface area contributed by atoms with Gasteiger partial charge in [0.25, 0.3) is 5.91 Å². The minimum absolute atomic E-state index is 0.0207. The fourth-order valence-corrected chi connectivity index (χ4v) is 4.81. The lowest BCUT2D eigenvalue weighted by molar-refractivity contribution is -0.268. The number of phenols is 4. The summed E-state index contributed by atoms with van der Waals surface area (Å²) >= 11 is 0. The fraction of sp³-hybridized carbons (Fsp3) is 0.211. The summed E-state index contributed by atoms with van der Waals surface area (Å²) in [6.07, 6.45) is 6.53. The Hall–Kier alpha value is -5.98. The third-order valence-electron chi connectivity index (χ3n) is 7.55. The first-order chi connectivity index (χ1) is 24.1. The maximum atomic E-state index is 13.9. The van der Waals surface area contributed by atoms with E-state index in [-0.39, 0.29) is 53.3 Å². The summed E-state index contributed by atoms with van der Waals surface area (Å²) in [6, 6.07) is 20.8. The Bertz CT molecular complexity index is 1820. The molecule has 0 aromatic heterocycles. The van der Waals surface area contributed by atoms with Gasteiger partial charge in [-0.15, -0.1) is 0 Å². The van der Waals surface area contributed by atoms with Crippen molar-refractivity contribution in [3.63, 3.8) is 0 Å². The predicted molar refractivity (Wildman–Crippen MR) is 187 cm³/mol. The van der Waals surface area contributed by atoms with Gasteiger partial charge in [0.2, 0.25) is 0 Å². The molecule has 0 unspecified atom stereocenters. The highest BCUT2D eigenvalue weighted by Gasteiger charge is 2.22. The number of carbonyl (C=O) groups excluding carboxylic acids is 2. The molecule has 12 nitrogen and oxygen atoms in total. The van der Waals surface area contributed by atoms with Crippen LogP contribution in [-0.2, 0) is 27.3 Å². The average Bonchev–Trinajstić information content (AvgIpc) is 3.12. The number of ether oxygens (including phenoxy) is 3. The molecule has 4 aromatic carbocycles. The Morgan fingerprint density at radius 1 is 0.620 bits per heavy atom. The molecule has 4 N–H and O–H groups in total. The molecule has 0 spiro atoms. The van der Waals surface area contributed by atoms with Crippen LogP contribution in [0.5, 0.6) is 40.2 Å². The maximum Gasteiger partial charge on any atom is 0.262 e. The molecule has 0 radical (unpaired) electrons. The van der Waals surface area contributed by atoms with Crippen molar-refractivity contribution in [3.8, 4) is 40.2 Å². The van der Waals surface area contributed by atoms with Crippen LogP contribution in [-0.4, -0.2) is 83.3 Å². The quantitative estimate of drug-likeness (QED) is 0.0846. The Kier molecular flexibility index (Phi) is 13.2. The van der Waals surface area contributed by atoms with E-state index < -0.39 is 18.3 Å². The number of methoxy groups -OCH3 is 3. The van der Waals surface area contributed by atoms with E-state index in [0.717, 1.165) is 11.1 Å². The molecular formula is C38H40N2O10. The number of carbonyl (C=O) groups is 2. The lowest BCUT2D eigenvalue weighted by Gasteiger charge is -2.33. The highest BCUT2D eigenvalue weighted by molar-refractivity contribution is 5.94. The number of amides is 1. The lowest BCUT2D eigenvalue weighted by Crippen LogP contribution is -2.48. The van der Waals surface area contributed by atoms with Gasteiger partial charge in [-0.2, -0.15) is 0 Å². The zero-order valence-corrected chi connectivity index (χ0v) is 28.0. The highest BCUT2D eigenvalue weighted by Crippen LogP contribution is 2.29. The van der Waals surface area contributed by atoms with Gasteiger partial charge in [-0.05, 0) is 95.8 Å². The molecule has 12 heteroatoms. The van der Waals surface area contributed by atoms with Crippen LogP contribution < -0.4 is 14.2 Å². The van der Waals surface area contributed by atoms with E-state index >= 15 is 0 Å². The van der Waals surface area contributed by atoms with E-state index in [1.807, 2.05) is 0 Å². The zero-order chi connectivity index (χ0) is 36.0. The number of hydrogen-bond acceptors (Lipinski definition) is 11. The molecule has 0 heterocycles. The van der Waals surface area contributed by atoms with Crippen molar-refractivity contribution in [2.75, 3.05) is 41.0 Å². The highest BCUT2D eigenvalue weighted by atomic mass is 16.7. The molecular weight excluding hydrogens is 644 g/mol. The molecule has 262 valence electrons. The number of hydrazine groups is 1. The minimum Gasteiger partial charge on any atom is -0.508 e. The third kappa shape index (κ3) is 10.5. The van der Waals surface area contributed by atoms with Crippen LogP contribution in [0.3, 0.4) is 0 Å². The standard InChI is InChI=1S/C38H40N2O10/c1-47-35-22-27(7-14-32(35)43)6-13-31(42)25-50-40(21-19-26-4-11-30(41)12-5-26)39(20-18-29-9-16-34(45)37(24-29)49-3)38(46)17-10-28-8-15-33(44)36(23-28)48-2/h4-17,22-24,41,43-45H,18-21,25H2,1-3H3/b13-6-,17-10-. The minimum atomic E-state index is -0.465. The van der Waals surface area contributed by atoms with Crippen LogP contribution >= 0.6 is 0 Å². The Labute approximate surface area is 290 Å². The van der Waals surface area contributed by atoms with Crippen LogP contribution in [0.1, 0.15) is 22.3 Å². The van der Waals surface area contributed by atoms with Crippen molar-refractivity contribution in [2.24, 2.45) is 0 Å². The first-order valence-corrected chi connectivity index (χ1v) is 15.6. The molecule has 0 saturated carbocycles. The first kappa shape index (κ1) is 36.8. The van der Waals surface area contributed by atoms with Crippen molar-refractivity contribution in [2.45, 2.75) is 12.8 Å². The van der Waals surface area contributed by atoms with Crippen LogP contribution in [0.2, 0.25) is 0 Å². The second-order valence-corrected chi connectivity index (χ2v) is 11.0. The Balaban J connectivity index is 1.61. The second kappa shape index (κ2) is 18.0. The van der Waals surface area contributed by atoms with E-state index in [2.05, 4.69) is 0 Å². The molecule has 0 saturated heterocycles. The molecule has 4 rings (SSSR count). The van der Waals surface area contributed by atoms with Crippen LogP contribution in [0.25, 0.3) is 12.2 Å². The van der Waals surface area contributed by atoms with E-state index in [9.17, 15) is 30.0 Å². The molecule has 0 bridgehead atoms. The summed E-state index contributed by atoms with van der Waals surface area (Å²) in [5.41, 5.74) is 2.84. The molecule has 1 amide bonds. The van der Waals surface area contributed by atoms with Crippen molar-refractivity contribution in [1.82, 2.24) is 10.2 Å². The van der Waals surface area contributed by atoms with Gasteiger partial charge in [0.15, 0.2) is 40.3 Å². The number of phenolic OH excluding ortho intramolecular Hbond substituents is 4.